The van der Waals surface area contributed by atoms with E-state index in [1.807, 2.05) is 36.0 Å². The molecule has 28 heavy (non-hydrogen) atoms. The van der Waals surface area contributed by atoms with Crippen LogP contribution in [-0.4, -0.2) is 26.6 Å². The molecule has 0 saturated heterocycles. The third-order valence-electron chi connectivity index (χ3n) is 6.56. The molecule has 0 spiro atoms. The van der Waals surface area contributed by atoms with Crippen molar-refractivity contribution in [2.45, 2.75) is 57.5 Å². The van der Waals surface area contributed by atoms with Crippen molar-refractivity contribution in [2.75, 3.05) is 0 Å². The number of hydrogen-bond acceptors (Lipinski definition) is 2. The molecular weight excluding hydrogens is 346 g/mol. The van der Waals surface area contributed by atoms with Gasteiger partial charge in [0.05, 0.1) is 12.2 Å². The van der Waals surface area contributed by atoms with Crippen molar-refractivity contribution >= 4 is 16.7 Å². The normalized spacial score (nSPS) is 16.6. The molecule has 1 heterocycles. The lowest BCUT2D eigenvalue weighted by atomic mass is 10.0. The number of carbonyl (C=O) groups is 1. The Balaban J connectivity index is 1.53. The van der Waals surface area contributed by atoms with Gasteiger partial charge in [-0.2, -0.15) is 5.10 Å². The molecule has 0 N–H and O–H groups in total. The number of nitrogens with zero attached hydrogens (tertiary/aromatic N) is 3. The van der Waals surface area contributed by atoms with Crippen LogP contribution in [0, 0.1) is 0 Å². The molecule has 1 fully saturated rings. The number of amides is 1. The van der Waals surface area contributed by atoms with Gasteiger partial charge in [0.15, 0.2) is 0 Å². The highest BCUT2D eigenvalue weighted by atomic mass is 16.2. The van der Waals surface area contributed by atoms with E-state index in [4.69, 9.17) is 5.10 Å². The zero-order valence-corrected chi connectivity index (χ0v) is 16.5. The van der Waals surface area contributed by atoms with Gasteiger partial charge in [0, 0.05) is 24.3 Å². The average molecular weight is 374 g/mol. The Kier molecular flexibility index (Phi) is 4.42. The van der Waals surface area contributed by atoms with Gasteiger partial charge in [-0.15, -0.1) is 0 Å². The van der Waals surface area contributed by atoms with E-state index in [9.17, 15) is 4.79 Å². The van der Waals surface area contributed by atoms with Crippen LogP contribution >= 0.6 is 0 Å². The fourth-order valence-corrected chi connectivity index (χ4v) is 5.14. The number of rotatable bonds is 4. The SMILES string of the molecule is Cn1nc(CN(C(=O)c2cccc3ccccc23)C2CCCC2)c2c1CCC2. The highest BCUT2D eigenvalue weighted by molar-refractivity contribution is 6.07. The second kappa shape index (κ2) is 7.08. The maximum absolute atomic E-state index is 13.7. The third kappa shape index (κ3) is 2.92. The largest absolute Gasteiger partial charge is 0.330 e. The highest BCUT2D eigenvalue weighted by Crippen LogP contribution is 2.31. The van der Waals surface area contributed by atoms with Crippen LogP contribution in [0.15, 0.2) is 42.5 Å². The summed E-state index contributed by atoms with van der Waals surface area (Å²) >= 11 is 0. The first-order chi connectivity index (χ1) is 13.7. The van der Waals surface area contributed by atoms with Crippen LogP contribution in [0.1, 0.15) is 59.4 Å². The van der Waals surface area contributed by atoms with Gasteiger partial charge in [-0.1, -0.05) is 49.2 Å². The molecule has 1 saturated carbocycles. The number of carbonyl (C=O) groups excluding carboxylic acids is 1. The van der Waals surface area contributed by atoms with Gasteiger partial charge in [-0.05, 0) is 54.5 Å². The fourth-order valence-electron chi connectivity index (χ4n) is 5.14. The maximum Gasteiger partial charge on any atom is 0.255 e. The van der Waals surface area contributed by atoms with Gasteiger partial charge in [0.25, 0.3) is 5.91 Å². The maximum atomic E-state index is 13.7. The average Bonchev–Trinajstić information content (AvgIpc) is 3.46. The van der Waals surface area contributed by atoms with Crippen molar-refractivity contribution in [3.05, 3.63) is 65.0 Å². The standard InChI is InChI=1S/C24H27N3O/c1-26-23-15-7-14-21(23)22(25-26)16-27(18-10-3-4-11-18)24(28)20-13-6-9-17-8-2-5-12-19(17)20/h2,5-6,8-9,12-13,18H,3-4,7,10-11,14-16H2,1H3. The minimum Gasteiger partial charge on any atom is -0.330 e. The predicted octanol–water partition coefficient (Wildman–Crippen LogP) is 4.65. The minimum absolute atomic E-state index is 0.154. The lowest BCUT2D eigenvalue weighted by Crippen LogP contribution is -2.38. The fraction of sp³-hybridized carbons (Fsp3) is 0.417. The highest BCUT2D eigenvalue weighted by Gasteiger charge is 2.31. The van der Waals surface area contributed by atoms with Crippen molar-refractivity contribution in [1.29, 1.82) is 0 Å². The van der Waals surface area contributed by atoms with Gasteiger partial charge < -0.3 is 4.90 Å². The van der Waals surface area contributed by atoms with E-state index in [2.05, 4.69) is 23.1 Å². The van der Waals surface area contributed by atoms with E-state index in [1.54, 1.807) is 0 Å². The molecular formula is C24H27N3O. The zero-order valence-electron chi connectivity index (χ0n) is 16.5. The molecule has 0 aliphatic heterocycles. The summed E-state index contributed by atoms with van der Waals surface area (Å²) in [5.41, 5.74) is 4.67. The zero-order chi connectivity index (χ0) is 19.1. The van der Waals surface area contributed by atoms with Crippen LogP contribution in [0.5, 0.6) is 0 Å². The molecule has 2 aliphatic rings. The van der Waals surface area contributed by atoms with Crippen molar-refractivity contribution in [3.8, 4) is 0 Å². The summed E-state index contributed by atoms with van der Waals surface area (Å²) in [6, 6.07) is 14.6. The molecule has 4 nitrogen and oxygen atoms in total. The minimum atomic E-state index is 0.154. The first-order valence-corrected chi connectivity index (χ1v) is 10.5. The summed E-state index contributed by atoms with van der Waals surface area (Å²) in [5.74, 6) is 0.154. The second-order valence-corrected chi connectivity index (χ2v) is 8.25. The first-order valence-electron chi connectivity index (χ1n) is 10.5. The Morgan fingerprint density at radius 1 is 1.07 bits per heavy atom. The summed E-state index contributed by atoms with van der Waals surface area (Å²) in [6.07, 6.45) is 8.04. The van der Waals surface area contributed by atoms with Gasteiger partial charge in [0.1, 0.15) is 0 Å². The second-order valence-electron chi connectivity index (χ2n) is 8.25. The van der Waals surface area contributed by atoms with E-state index >= 15 is 0 Å². The van der Waals surface area contributed by atoms with Gasteiger partial charge in [0.2, 0.25) is 0 Å². The lowest BCUT2D eigenvalue weighted by molar-refractivity contribution is 0.0663. The Morgan fingerprint density at radius 3 is 2.71 bits per heavy atom. The topological polar surface area (TPSA) is 38.1 Å². The molecule has 4 heteroatoms. The summed E-state index contributed by atoms with van der Waals surface area (Å²) in [7, 11) is 2.04. The molecule has 2 aromatic carbocycles. The number of benzene rings is 2. The van der Waals surface area contributed by atoms with Crippen molar-refractivity contribution in [3.63, 3.8) is 0 Å². The molecule has 0 radical (unpaired) electrons. The summed E-state index contributed by atoms with van der Waals surface area (Å²) in [4.78, 5) is 15.9. The van der Waals surface area contributed by atoms with Crippen molar-refractivity contribution in [2.24, 2.45) is 7.05 Å². The molecule has 1 amide bonds. The van der Waals surface area contributed by atoms with Crippen LogP contribution in [0.2, 0.25) is 0 Å². The van der Waals surface area contributed by atoms with E-state index in [0.29, 0.717) is 12.6 Å². The predicted molar refractivity (Wildman–Crippen MR) is 111 cm³/mol. The molecule has 0 unspecified atom stereocenters. The van der Waals surface area contributed by atoms with Crippen molar-refractivity contribution < 1.29 is 4.79 Å². The Bertz CT molecular complexity index is 1020. The Morgan fingerprint density at radius 2 is 1.86 bits per heavy atom. The first kappa shape index (κ1) is 17.5. The molecule has 0 bridgehead atoms. The molecule has 0 atom stereocenters. The molecule has 2 aliphatic carbocycles. The Labute approximate surface area is 166 Å². The quantitative estimate of drug-likeness (QED) is 0.668. The number of aromatic nitrogens is 2. The number of aryl methyl sites for hydroxylation is 1. The number of fused-ring (bicyclic) bond motifs is 2. The van der Waals surface area contributed by atoms with Crippen molar-refractivity contribution in [1.82, 2.24) is 14.7 Å². The molecule has 1 aromatic heterocycles. The van der Waals surface area contributed by atoms with Gasteiger partial charge >= 0.3 is 0 Å². The third-order valence-corrected chi connectivity index (χ3v) is 6.56. The van der Waals surface area contributed by atoms with Gasteiger partial charge in [-0.3, -0.25) is 9.48 Å². The van der Waals surface area contributed by atoms with Crippen LogP contribution < -0.4 is 0 Å². The monoisotopic (exact) mass is 373 g/mol. The van der Waals surface area contributed by atoms with E-state index < -0.39 is 0 Å². The van der Waals surface area contributed by atoms with E-state index in [-0.39, 0.29) is 5.91 Å². The van der Waals surface area contributed by atoms with E-state index in [0.717, 1.165) is 47.7 Å². The molecule has 3 aromatic rings. The Hall–Kier alpha value is -2.62. The lowest BCUT2D eigenvalue weighted by Gasteiger charge is -2.29. The molecule has 144 valence electrons. The smallest absolute Gasteiger partial charge is 0.255 e. The van der Waals surface area contributed by atoms with Crippen LogP contribution in [0.25, 0.3) is 10.8 Å². The summed E-state index contributed by atoms with van der Waals surface area (Å²) < 4.78 is 2.03. The van der Waals surface area contributed by atoms with Crippen LogP contribution in [0.4, 0.5) is 0 Å². The molecule has 5 rings (SSSR count). The number of hydrogen-bond donors (Lipinski definition) is 0. The summed E-state index contributed by atoms with van der Waals surface area (Å²) in [6.45, 7) is 0.635. The summed E-state index contributed by atoms with van der Waals surface area (Å²) in [5, 5.41) is 6.97. The van der Waals surface area contributed by atoms with E-state index in [1.165, 1.54) is 30.5 Å². The van der Waals surface area contributed by atoms with Crippen LogP contribution in [-0.2, 0) is 26.4 Å². The van der Waals surface area contributed by atoms with Crippen LogP contribution in [0.3, 0.4) is 0 Å². The van der Waals surface area contributed by atoms with Gasteiger partial charge in [-0.25, -0.2) is 0 Å².